The van der Waals surface area contributed by atoms with Crippen molar-refractivity contribution in [2.24, 2.45) is 0 Å². The summed E-state index contributed by atoms with van der Waals surface area (Å²) in [5.74, 6) is -0.242. The summed E-state index contributed by atoms with van der Waals surface area (Å²) in [6.45, 7) is 1.67. The molecule has 0 aromatic carbocycles. The minimum atomic E-state index is -0.554. The third-order valence-corrected chi connectivity index (χ3v) is 2.95. The molecule has 16 heavy (non-hydrogen) atoms. The zero-order valence-electron chi connectivity index (χ0n) is 9.40. The van der Waals surface area contributed by atoms with Crippen LogP contribution < -0.4 is 4.74 Å². The van der Waals surface area contributed by atoms with E-state index in [2.05, 4.69) is 21.9 Å². The van der Waals surface area contributed by atoms with Gasteiger partial charge in [-0.15, -0.1) is 0 Å². The van der Waals surface area contributed by atoms with Gasteiger partial charge >= 0.3 is 0 Å². The quantitative estimate of drug-likeness (QED) is 0.730. The Bertz CT molecular complexity index is 348. The molecule has 0 spiro atoms. The van der Waals surface area contributed by atoms with E-state index in [4.69, 9.17) is 4.74 Å². The van der Waals surface area contributed by atoms with Crippen LogP contribution in [0.5, 0.6) is 5.88 Å². The number of likely N-dealkylation sites (N-methyl/N-ethyl adjacent to an activating group) is 1. The van der Waals surface area contributed by atoms with Gasteiger partial charge in [0.15, 0.2) is 0 Å². The third kappa shape index (κ3) is 2.88. The summed E-state index contributed by atoms with van der Waals surface area (Å²) >= 11 is 0. The molecule has 0 amide bonds. The lowest BCUT2D eigenvalue weighted by atomic mass is 10.0. The maximum Gasteiger partial charge on any atom is 0.219 e. The normalized spacial score (nSPS) is 22.0. The van der Waals surface area contributed by atoms with Gasteiger partial charge in [-0.2, -0.15) is 4.39 Å². The number of rotatable bonds is 3. The van der Waals surface area contributed by atoms with Crippen LogP contribution in [0.25, 0.3) is 0 Å². The Kier molecular flexibility index (Phi) is 3.66. The Morgan fingerprint density at radius 1 is 1.50 bits per heavy atom. The van der Waals surface area contributed by atoms with Crippen LogP contribution in [0.4, 0.5) is 4.39 Å². The van der Waals surface area contributed by atoms with Crippen LogP contribution in [-0.4, -0.2) is 41.1 Å². The average molecular weight is 225 g/mol. The Labute approximate surface area is 94.5 Å². The monoisotopic (exact) mass is 225 g/mol. The molecular formula is C11H16FN3O. The molecule has 0 saturated carbocycles. The van der Waals surface area contributed by atoms with E-state index in [0.717, 1.165) is 13.0 Å². The van der Waals surface area contributed by atoms with Gasteiger partial charge in [-0.25, -0.2) is 9.97 Å². The van der Waals surface area contributed by atoms with Crippen LogP contribution in [0.3, 0.4) is 0 Å². The molecule has 1 aromatic heterocycles. The largest absolute Gasteiger partial charge is 0.476 e. The summed E-state index contributed by atoms with van der Waals surface area (Å²) in [5.41, 5.74) is 0. The van der Waals surface area contributed by atoms with Crippen molar-refractivity contribution >= 4 is 0 Å². The number of hydrogen-bond acceptors (Lipinski definition) is 4. The van der Waals surface area contributed by atoms with E-state index in [1.54, 1.807) is 0 Å². The van der Waals surface area contributed by atoms with Crippen molar-refractivity contribution in [3.63, 3.8) is 0 Å². The number of likely N-dealkylation sites (tertiary alicyclic amines) is 1. The number of aromatic nitrogens is 2. The van der Waals surface area contributed by atoms with E-state index in [9.17, 15) is 4.39 Å². The van der Waals surface area contributed by atoms with Crippen molar-refractivity contribution in [1.29, 1.82) is 0 Å². The van der Waals surface area contributed by atoms with Crippen molar-refractivity contribution in [3.05, 3.63) is 18.3 Å². The highest BCUT2D eigenvalue weighted by molar-refractivity contribution is 5.06. The third-order valence-electron chi connectivity index (χ3n) is 2.95. The van der Waals surface area contributed by atoms with Crippen molar-refractivity contribution in [2.75, 3.05) is 20.2 Å². The minimum Gasteiger partial charge on any atom is -0.476 e. The van der Waals surface area contributed by atoms with E-state index in [1.807, 2.05) is 0 Å². The van der Waals surface area contributed by atoms with Crippen molar-refractivity contribution < 1.29 is 9.13 Å². The maximum atomic E-state index is 12.8. The molecule has 1 aliphatic heterocycles. The number of nitrogens with zero attached hydrogens (tertiary/aromatic N) is 3. The molecule has 1 saturated heterocycles. The molecule has 0 radical (unpaired) electrons. The molecule has 88 valence electrons. The van der Waals surface area contributed by atoms with Crippen molar-refractivity contribution in [1.82, 2.24) is 14.9 Å². The summed E-state index contributed by atoms with van der Waals surface area (Å²) in [7, 11) is 2.09. The van der Waals surface area contributed by atoms with Crippen molar-refractivity contribution in [3.8, 4) is 5.88 Å². The topological polar surface area (TPSA) is 38.2 Å². The standard InChI is InChI=1S/C11H16FN3O/c1-15-5-3-2-4-9(15)7-16-11-6-10(12)13-8-14-11/h6,8-9H,2-5,7H2,1H3. The predicted octanol–water partition coefficient (Wildman–Crippen LogP) is 1.48. The molecule has 1 unspecified atom stereocenters. The molecule has 1 aliphatic rings. The second kappa shape index (κ2) is 5.21. The summed E-state index contributed by atoms with van der Waals surface area (Å²) < 4.78 is 18.2. The molecule has 2 heterocycles. The molecule has 1 atom stereocenters. The average Bonchev–Trinajstić information content (AvgIpc) is 2.28. The van der Waals surface area contributed by atoms with Crippen LogP contribution >= 0.6 is 0 Å². The van der Waals surface area contributed by atoms with E-state index in [-0.39, 0.29) is 0 Å². The highest BCUT2D eigenvalue weighted by Crippen LogP contribution is 2.16. The zero-order chi connectivity index (χ0) is 11.4. The summed E-state index contributed by atoms with van der Waals surface area (Å²) in [4.78, 5) is 9.52. The minimum absolute atomic E-state index is 0.312. The van der Waals surface area contributed by atoms with Gasteiger partial charge in [0.2, 0.25) is 11.8 Å². The summed E-state index contributed by atoms with van der Waals surface area (Å²) in [6, 6.07) is 1.62. The van der Waals surface area contributed by atoms with Gasteiger partial charge in [0.05, 0.1) is 6.07 Å². The number of hydrogen-bond donors (Lipinski definition) is 0. The van der Waals surface area contributed by atoms with Crippen molar-refractivity contribution in [2.45, 2.75) is 25.3 Å². The molecule has 0 N–H and O–H groups in total. The van der Waals surface area contributed by atoms with Gasteiger partial charge in [-0.3, -0.25) is 0 Å². The Morgan fingerprint density at radius 2 is 2.38 bits per heavy atom. The second-order valence-corrected chi connectivity index (χ2v) is 4.12. The molecule has 2 rings (SSSR count). The lowest BCUT2D eigenvalue weighted by Crippen LogP contribution is -2.40. The van der Waals surface area contributed by atoms with E-state index in [0.29, 0.717) is 18.5 Å². The first kappa shape index (κ1) is 11.3. The first-order valence-electron chi connectivity index (χ1n) is 5.56. The van der Waals surface area contributed by atoms with Gasteiger partial charge < -0.3 is 9.64 Å². The smallest absolute Gasteiger partial charge is 0.219 e. The fourth-order valence-electron chi connectivity index (χ4n) is 1.93. The van der Waals surface area contributed by atoms with Crippen LogP contribution in [0.1, 0.15) is 19.3 Å². The zero-order valence-corrected chi connectivity index (χ0v) is 9.40. The SMILES string of the molecule is CN1CCCCC1COc1cc(F)ncn1. The molecule has 5 heteroatoms. The molecule has 1 aromatic rings. The molecule has 0 aliphatic carbocycles. The Morgan fingerprint density at radius 3 is 3.12 bits per heavy atom. The highest BCUT2D eigenvalue weighted by Gasteiger charge is 2.19. The van der Waals surface area contributed by atoms with E-state index >= 15 is 0 Å². The lowest BCUT2D eigenvalue weighted by Gasteiger charge is -2.31. The number of piperidine rings is 1. The van der Waals surface area contributed by atoms with Crippen LogP contribution in [-0.2, 0) is 0 Å². The first-order valence-corrected chi connectivity index (χ1v) is 5.56. The van der Waals surface area contributed by atoms with E-state index in [1.165, 1.54) is 25.2 Å². The lowest BCUT2D eigenvalue weighted by molar-refractivity contribution is 0.122. The molecule has 1 fully saturated rings. The van der Waals surface area contributed by atoms with E-state index < -0.39 is 5.95 Å². The maximum absolute atomic E-state index is 12.8. The predicted molar refractivity (Wildman–Crippen MR) is 57.8 cm³/mol. The molecule has 0 bridgehead atoms. The van der Waals surface area contributed by atoms with Crippen LogP contribution in [0.2, 0.25) is 0 Å². The molecular weight excluding hydrogens is 209 g/mol. The highest BCUT2D eigenvalue weighted by atomic mass is 19.1. The first-order chi connectivity index (χ1) is 7.75. The molecule has 4 nitrogen and oxygen atoms in total. The second-order valence-electron chi connectivity index (χ2n) is 4.12. The fraction of sp³-hybridized carbons (Fsp3) is 0.636. The van der Waals surface area contributed by atoms with Crippen LogP contribution in [0.15, 0.2) is 12.4 Å². The Balaban J connectivity index is 1.86. The van der Waals surface area contributed by atoms with Gasteiger partial charge in [0.25, 0.3) is 0 Å². The fourth-order valence-corrected chi connectivity index (χ4v) is 1.93. The number of ether oxygens (including phenoxy) is 1. The van der Waals surface area contributed by atoms with Gasteiger partial charge in [-0.1, -0.05) is 6.42 Å². The Hall–Kier alpha value is -1.23. The van der Waals surface area contributed by atoms with Crippen LogP contribution in [0, 0.1) is 5.95 Å². The number of halogens is 1. The summed E-state index contributed by atoms with van der Waals surface area (Å²) in [6.07, 6.45) is 4.78. The van der Waals surface area contributed by atoms with Gasteiger partial charge in [-0.05, 0) is 26.4 Å². The van der Waals surface area contributed by atoms with Gasteiger partial charge in [0, 0.05) is 6.04 Å². The van der Waals surface area contributed by atoms with Gasteiger partial charge in [0.1, 0.15) is 12.9 Å². The summed E-state index contributed by atoms with van der Waals surface area (Å²) in [5, 5.41) is 0.